The summed E-state index contributed by atoms with van der Waals surface area (Å²) in [6, 6.07) is 24.8. The molecule has 6 heterocycles. The fourth-order valence-corrected chi connectivity index (χ4v) is 10.4. The first-order valence-corrected chi connectivity index (χ1v) is 24.2. The molecule has 4 aliphatic rings. The van der Waals surface area contributed by atoms with E-state index in [0.717, 1.165) is 58.6 Å². The Morgan fingerprint density at radius 2 is 0.890 bits per heavy atom. The summed E-state index contributed by atoms with van der Waals surface area (Å²) < 4.78 is 34.1. The Morgan fingerprint density at radius 1 is 0.521 bits per heavy atom. The summed E-state index contributed by atoms with van der Waals surface area (Å²) in [7, 11) is 0. The average Bonchev–Trinajstić information content (AvgIpc) is 4.31. The van der Waals surface area contributed by atoms with Gasteiger partial charge in [-0.3, -0.25) is 29.0 Å². The van der Waals surface area contributed by atoms with Gasteiger partial charge in [0.15, 0.2) is 0 Å². The molecule has 19 heteroatoms. The molecule has 16 nitrogen and oxygen atoms in total. The lowest BCUT2D eigenvalue weighted by Gasteiger charge is -2.36. The van der Waals surface area contributed by atoms with Crippen LogP contribution >= 0.6 is 12.4 Å². The Balaban J connectivity index is 0.000000165. The number of halogens is 3. The molecule has 4 N–H and O–H groups in total. The van der Waals surface area contributed by atoms with Gasteiger partial charge in [-0.15, -0.1) is 12.4 Å². The van der Waals surface area contributed by atoms with Crippen molar-refractivity contribution >= 4 is 79.3 Å². The predicted molar refractivity (Wildman–Crippen MR) is 278 cm³/mol. The van der Waals surface area contributed by atoms with Gasteiger partial charge >= 0.3 is 11.9 Å². The van der Waals surface area contributed by atoms with Crippen LogP contribution < -0.4 is 31.8 Å². The standard InChI is InChI=1S/2C27H25FN4O4.ClH/c2*28-21-12-19-23(32(17-5-6-17)15-20(26(19)34)27(35)36)13-24(21)31-9-7-30(8-10-31)14-16-11-25(33)29-22-4-2-1-3-18(16)22;/h2*1-4,11-13,15,17H,5-10,14H2,(H,29,33)(H,35,36);1H. The maximum atomic E-state index is 15.2. The molecule has 2 aliphatic carbocycles. The first kappa shape index (κ1) is 48.9. The quantitative estimate of drug-likeness (QED) is 0.109. The summed E-state index contributed by atoms with van der Waals surface area (Å²) in [4.78, 5) is 87.0. The number of carbonyl (C=O) groups is 2. The van der Waals surface area contributed by atoms with E-state index in [9.17, 15) is 39.0 Å². The molecule has 8 aromatic rings. The minimum absolute atomic E-state index is 0. The van der Waals surface area contributed by atoms with E-state index in [1.54, 1.807) is 24.3 Å². The fourth-order valence-electron chi connectivity index (χ4n) is 10.4. The number of piperazine rings is 2. The summed E-state index contributed by atoms with van der Waals surface area (Å²) in [5, 5.41) is 21.1. The van der Waals surface area contributed by atoms with Gasteiger partial charge < -0.3 is 39.1 Å². The van der Waals surface area contributed by atoms with Crippen LogP contribution in [0.2, 0.25) is 0 Å². The Morgan fingerprint density at radius 3 is 1.25 bits per heavy atom. The van der Waals surface area contributed by atoms with E-state index in [4.69, 9.17) is 0 Å². The van der Waals surface area contributed by atoms with Crippen molar-refractivity contribution in [3.63, 3.8) is 0 Å². The average molecular weight is 1010 g/mol. The van der Waals surface area contributed by atoms with Gasteiger partial charge in [0, 0.05) is 135 Å². The molecule has 0 radical (unpaired) electrons. The number of para-hydroxylation sites is 2. The van der Waals surface area contributed by atoms with E-state index >= 15 is 8.78 Å². The van der Waals surface area contributed by atoms with Crippen molar-refractivity contribution in [1.82, 2.24) is 28.9 Å². The third-order valence-corrected chi connectivity index (χ3v) is 14.4. The molecule has 2 saturated heterocycles. The topological polar surface area (TPSA) is 197 Å². The van der Waals surface area contributed by atoms with Crippen molar-refractivity contribution in [2.45, 2.75) is 50.9 Å². The molecule has 73 heavy (non-hydrogen) atoms. The van der Waals surface area contributed by atoms with Gasteiger partial charge in [0.1, 0.15) is 22.8 Å². The number of hydrogen-bond acceptors (Lipinski definition) is 10. The van der Waals surface area contributed by atoms with Crippen molar-refractivity contribution in [3.05, 3.63) is 172 Å². The van der Waals surface area contributed by atoms with Crippen LogP contribution in [0.3, 0.4) is 0 Å². The SMILES string of the molecule is Cl.O=C(O)c1cn(C2CC2)c2cc(N3CCN(Cc4cc(=O)[nH]c5ccccc45)CC3)c(F)cc2c1=O.O=C(O)c1cn(C2CC2)c2cc(N3CCN(Cc4cc(=O)[nH]c5ccccc45)CC3)c(F)cc2c1=O. The van der Waals surface area contributed by atoms with Gasteiger partial charge in [0.2, 0.25) is 22.0 Å². The Bertz CT molecular complexity index is 3510. The van der Waals surface area contributed by atoms with Crippen molar-refractivity contribution in [1.29, 1.82) is 0 Å². The molecule has 376 valence electrons. The number of anilines is 2. The zero-order valence-electron chi connectivity index (χ0n) is 39.5. The van der Waals surface area contributed by atoms with E-state index in [2.05, 4.69) is 19.8 Å². The van der Waals surface area contributed by atoms with Crippen molar-refractivity contribution in [2.75, 3.05) is 62.2 Å². The van der Waals surface area contributed by atoms with Crippen LogP contribution in [0, 0.1) is 11.6 Å². The Kier molecular flexibility index (Phi) is 13.2. The molecule has 0 unspecified atom stereocenters. The summed E-state index contributed by atoms with van der Waals surface area (Å²) in [5.74, 6) is -3.66. The molecule has 4 aromatic heterocycles. The Hall–Kier alpha value is -7.67. The maximum absolute atomic E-state index is 15.2. The van der Waals surface area contributed by atoms with Gasteiger partial charge in [0.25, 0.3) is 0 Å². The van der Waals surface area contributed by atoms with E-state index < -0.39 is 34.4 Å². The molecule has 12 rings (SSSR count). The number of carboxylic acids is 2. The highest BCUT2D eigenvalue weighted by atomic mass is 35.5. The van der Waals surface area contributed by atoms with E-state index in [1.165, 1.54) is 24.5 Å². The zero-order chi connectivity index (χ0) is 49.9. The molecule has 0 amide bonds. The number of hydrogen-bond donors (Lipinski definition) is 4. The number of carboxylic acid groups (broad SMARTS) is 2. The number of nitrogens with one attached hydrogen (secondary N) is 2. The molecule has 2 saturated carbocycles. The number of rotatable bonds is 10. The smallest absolute Gasteiger partial charge is 0.341 e. The summed E-state index contributed by atoms with van der Waals surface area (Å²) >= 11 is 0. The third kappa shape index (κ3) is 9.72. The molecule has 4 aromatic carbocycles. The molecule has 0 atom stereocenters. The number of nitrogens with zero attached hydrogens (tertiary/aromatic N) is 6. The van der Waals surface area contributed by atoms with Crippen LogP contribution in [0.1, 0.15) is 69.6 Å². The first-order valence-electron chi connectivity index (χ1n) is 24.2. The molecule has 2 aliphatic heterocycles. The second-order valence-corrected chi connectivity index (χ2v) is 19.2. The number of benzene rings is 4. The highest BCUT2D eigenvalue weighted by Gasteiger charge is 2.31. The number of H-pyrrole nitrogens is 2. The molecule has 0 bridgehead atoms. The highest BCUT2D eigenvalue weighted by molar-refractivity contribution is 5.95. The van der Waals surface area contributed by atoms with Crippen LogP contribution in [0.25, 0.3) is 43.6 Å². The lowest BCUT2D eigenvalue weighted by Crippen LogP contribution is -2.46. The monoisotopic (exact) mass is 1010 g/mol. The van der Waals surface area contributed by atoms with Crippen molar-refractivity contribution in [3.8, 4) is 0 Å². The second-order valence-electron chi connectivity index (χ2n) is 19.2. The van der Waals surface area contributed by atoms with Crippen molar-refractivity contribution < 1.29 is 28.6 Å². The molecule has 0 spiro atoms. The summed E-state index contributed by atoms with van der Waals surface area (Å²) in [6.07, 6.45) is 6.41. The third-order valence-electron chi connectivity index (χ3n) is 14.4. The van der Waals surface area contributed by atoms with Gasteiger partial charge in [-0.25, -0.2) is 18.4 Å². The first-order chi connectivity index (χ1) is 34.8. The normalized spacial score (nSPS) is 16.4. The van der Waals surface area contributed by atoms with E-state index in [-0.39, 0.29) is 57.5 Å². The fraction of sp³-hybridized carbons (Fsp3) is 0.296. The lowest BCUT2D eigenvalue weighted by atomic mass is 10.1. The van der Waals surface area contributed by atoms with Gasteiger partial charge in [-0.05, 0) is 73.2 Å². The van der Waals surface area contributed by atoms with Crippen LogP contribution in [0.15, 0.2) is 117 Å². The van der Waals surface area contributed by atoms with Crippen LogP contribution in [0.5, 0.6) is 0 Å². The van der Waals surface area contributed by atoms with Crippen LogP contribution in [-0.2, 0) is 13.1 Å². The zero-order valence-corrected chi connectivity index (χ0v) is 40.3. The largest absolute Gasteiger partial charge is 0.477 e. The highest BCUT2D eigenvalue weighted by Crippen LogP contribution is 2.40. The van der Waals surface area contributed by atoms with Crippen molar-refractivity contribution in [2.24, 2.45) is 0 Å². The summed E-state index contributed by atoms with van der Waals surface area (Å²) in [6.45, 7) is 6.34. The molecule has 4 fully saturated rings. The molecular weight excluding hydrogens is 962 g/mol. The van der Waals surface area contributed by atoms with E-state index in [1.807, 2.05) is 67.5 Å². The maximum Gasteiger partial charge on any atom is 0.341 e. The minimum atomic E-state index is -1.30. The van der Waals surface area contributed by atoms with Gasteiger partial charge in [0.05, 0.1) is 22.4 Å². The molecular formula is C54H51ClF2N8O8. The van der Waals surface area contributed by atoms with Gasteiger partial charge in [-0.2, -0.15) is 0 Å². The minimum Gasteiger partial charge on any atom is -0.477 e. The van der Waals surface area contributed by atoms with E-state index in [0.29, 0.717) is 87.9 Å². The Labute approximate surface area is 420 Å². The number of fused-ring (bicyclic) bond motifs is 4. The van der Waals surface area contributed by atoms with Crippen LogP contribution in [-0.4, -0.2) is 103 Å². The van der Waals surface area contributed by atoms with Crippen LogP contribution in [0.4, 0.5) is 20.2 Å². The number of aromatic amines is 2. The van der Waals surface area contributed by atoms with Gasteiger partial charge in [-0.1, -0.05) is 36.4 Å². The lowest BCUT2D eigenvalue weighted by molar-refractivity contribution is 0.0684. The second kappa shape index (κ2) is 19.7. The number of aromatic nitrogens is 4. The number of aromatic carboxylic acids is 2. The number of pyridine rings is 4. The summed E-state index contributed by atoms with van der Waals surface area (Å²) in [5.41, 5.74) is 3.28. The predicted octanol–water partition coefficient (Wildman–Crippen LogP) is 7.10.